The van der Waals surface area contributed by atoms with Gasteiger partial charge in [-0.15, -0.1) is 0 Å². The summed E-state index contributed by atoms with van der Waals surface area (Å²) in [5.74, 6) is 4.88. The van der Waals surface area contributed by atoms with Crippen LogP contribution in [0.4, 0.5) is 11.5 Å². The molecule has 1 atom stereocenters. The number of hydrogen-bond donors (Lipinski definition) is 3. The summed E-state index contributed by atoms with van der Waals surface area (Å²) in [7, 11) is 3.28. The fourth-order valence-corrected chi connectivity index (χ4v) is 3.58. The van der Waals surface area contributed by atoms with Crippen molar-refractivity contribution in [1.82, 2.24) is 10.2 Å². The third-order valence-corrected chi connectivity index (χ3v) is 5.25. The van der Waals surface area contributed by atoms with E-state index >= 15 is 0 Å². The summed E-state index contributed by atoms with van der Waals surface area (Å²) in [6.07, 6.45) is 8.46. The van der Waals surface area contributed by atoms with E-state index < -0.39 is 0 Å². The van der Waals surface area contributed by atoms with Crippen LogP contribution in [0.5, 0.6) is 11.5 Å². The zero-order valence-corrected chi connectivity index (χ0v) is 15.9. The summed E-state index contributed by atoms with van der Waals surface area (Å²) >= 11 is 0. The van der Waals surface area contributed by atoms with Gasteiger partial charge < -0.3 is 14.4 Å². The molecule has 1 aromatic carbocycles. The third-order valence-electron chi connectivity index (χ3n) is 5.25. The molecule has 0 radical (unpaired) electrons. The number of aliphatic imine (C=N–C) groups is 1. The van der Waals surface area contributed by atoms with Crippen LogP contribution in [0.25, 0.3) is 0 Å². The van der Waals surface area contributed by atoms with E-state index in [9.17, 15) is 0 Å². The number of aromatic amines is 1. The Morgan fingerprint density at radius 2 is 2.04 bits per heavy atom. The van der Waals surface area contributed by atoms with Gasteiger partial charge in [0.2, 0.25) is 11.7 Å². The van der Waals surface area contributed by atoms with Crippen molar-refractivity contribution >= 4 is 17.3 Å². The van der Waals surface area contributed by atoms with Gasteiger partial charge in [-0.2, -0.15) is 5.10 Å². The average molecular weight is 379 g/mol. The van der Waals surface area contributed by atoms with Crippen LogP contribution in [0.3, 0.4) is 0 Å². The fraction of sp³-hybridized carbons (Fsp3) is 0.300. The van der Waals surface area contributed by atoms with Crippen LogP contribution >= 0.6 is 0 Å². The quantitative estimate of drug-likeness (QED) is 0.713. The summed E-state index contributed by atoms with van der Waals surface area (Å²) in [6, 6.07) is 8.01. The maximum absolute atomic E-state index is 5.46. The number of nitrogens with one attached hydrogen (secondary N) is 3. The second-order valence-electron chi connectivity index (χ2n) is 7.12. The molecule has 0 bridgehead atoms. The van der Waals surface area contributed by atoms with Gasteiger partial charge in [0, 0.05) is 29.4 Å². The Morgan fingerprint density at radius 3 is 2.82 bits per heavy atom. The number of H-pyrrole nitrogens is 1. The van der Waals surface area contributed by atoms with Crippen molar-refractivity contribution < 1.29 is 14.4 Å². The van der Waals surface area contributed by atoms with Gasteiger partial charge in [-0.25, -0.2) is 9.89 Å². The largest absolute Gasteiger partial charge is 0.493 e. The zero-order valence-electron chi connectivity index (χ0n) is 15.9. The van der Waals surface area contributed by atoms with Gasteiger partial charge in [0.25, 0.3) is 0 Å². The monoisotopic (exact) mass is 379 g/mol. The predicted octanol–water partition coefficient (Wildman–Crippen LogP) is 1.80. The zero-order chi connectivity index (χ0) is 19.1. The van der Waals surface area contributed by atoms with Gasteiger partial charge in [-0.1, -0.05) is 0 Å². The normalized spacial score (nSPS) is 20.5. The summed E-state index contributed by atoms with van der Waals surface area (Å²) in [6.45, 7) is 0.691. The highest BCUT2D eigenvalue weighted by molar-refractivity contribution is 5.84. The minimum Gasteiger partial charge on any atom is -0.493 e. The van der Waals surface area contributed by atoms with E-state index in [4.69, 9.17) is 9.47 Å². The van der Waals surface area contributed by atoms with E-state index in [-0.39, 0.29) is 0 Å². The molecular weight excluding hydrogens is 356 g/mol. The third kappa shape index (κ3) is 3.01. The highest BCUT2D eigenvalue weighted by Crippen LogP contribution is 2.39. The van der Waals surface area contributed by atoms with E-state index in [1.165, 1.54) is 18.5 Å². The highest BCUT2D eigenvalue weighted by atomic mass is 16.5. The van der Waals surface area contributed by atoms with E-state index in [0.717, 1.165) is 28.1 Å². The molecule has 0 spiro atoms. The van der Waals surface area contributed by atoms with Gasteiger partial charge in [0.1, 0.15) is 12.7 Å². The molecule has 3 aliphatic rings. The van der Waals surface area contributed by atoms with Crippen LogP contribution in [0.2, 0.25) is 0 Å². The lowest BCUT2D eigenvalue weighted by Gasteiger charge is -2.29. The molecule has 1 aliphatic carbocycles. The number of aromatic nitrogens is 2. The Morgan fingerprint density at radius 1 is 1.18 bits per heavy atom. The standard InChI is InChI=1S/C20H22N6O2/c1-27-16-6-5-14(9-17(16)28-2)25-11-19-21-7-8-26(19)20(12-25)22-18-10-15(23-24-18)13-3-4-13/h5-10,12-13H,3-4,11H2,1-2H3,(H2,22,23,24)/p+1. The number of quaternary nitrogens is 1. The molecule has 3 heterocycles. The van der Waals surface area contributed by atoms with Crippen molar-refractivity contribution in [2.75, 3.05) is 31.0 Å². The first-order valence-electron chi connectivity index (χ1n) is 9.39. The summed E-state index contributed by atoms with van der Waals surface area (Å²) in [4.78, 5) is 7.79. The Kier molecular flexibility index (Phi) is 4.05. The Balaban J connectivity index is 1.45. The lowest BCUT2D eigenvalue weighted by molar-refractivity contribution is -0.698. The first-order valence-corrected chi connectivity index (χ1v) is 9.39. The molecule has 28 heavy (non-hydrogen) atoms. The van der Waals surface area contributed by atoms with Gasteiger partial charge in [-0.3, -0.25) is 10.4 Å². The van der Waals surface area contributed by atoms with Crippen LogP contribution in [-0.2, 0) is 0 Å². The molecule has 0 saturated heterocycles. The van der Waals surface area contributed by atoms with Crippen molar-refractivity contribution in [2.24, 2.45) is 4.99 Å². The summed E-state index contributed by atoms with van der Waals surface area (Å²) in [5, 5.41) is 11.0. The van der Waals surface area contributed by atoms with E-state index in [2.05, 4.69) is 37.7 Å². The Bertz CT molecular complexity index is 988. The number of amidine groups is 1. The van der Waals surface area contributed by atoms with E-state index in [0.29, 0.717) is 24.0 Å². The number of benzene rings is 1. The molecule has 5 rings (SSSR count). The number of ether oxygens (including phenoxy) is 2. The average Bonchev–Trinajstić information content (AvgIpc) is 3.28. The lowest BCUT2D eigenvalue weighted by atomic mass is 10.2. The molecule has 0 amide bonds. The van der Waals surface area contributed by atoms with Gasteiger partial charge in [0.15, 0.2) is 17.3 Å². The van der Waals surface area contributed by atoms with Crippen molar-refractivity contribution in [3.05, 3.63) is 54.4 Å². The molecule has 8 heteroatoms. The molecule has 2 aliphatic heterocycles. The first kappa shape index (κ1) is 16.9. The van der Waals surface area contributed by atoms with E-state index in [1.54, 1.807) is 14.2 Å². The molecule has 1 unspecified atom stereocenters. The van der Waals surface area contributed by atoms with Crippen molar-refractivity contribution in [1.29, 1.82) is 0 Å². The van der Waals surface area contributed by atoms with Crippen molar-refractivity contribution in [3.63, 3.8) is 0 Å². The first-order chi connectivity index (χ1) is 13.7. The van der Waals surface area contributed by atoms with Gasteiger partial charge in [0.05, 0.1) is 26.6 Å². The summed E-state index contributed by atoms with van der Waals surface area (Å²) in [5.41, 5.74) is 2.21. The Labute approximate surface area is 163 Å². The smallest absolute Gasteiger partial charge is 0.232 e. The molecule has 3 N–H and O–H groups in total. The molecule has 1 saturated carbocycles. The summed E-state index contributed by atoms with van der Waals surface area (Å²) < 4.78 is 10.8. The van der Waals surface area contributed by atoms with Crippen LogP contribution in [0.15, 0.2) is 53.7 Å². The lowest BCUT2D eigenvalue weighted by Crippen LogP contribution is -3.10. The molecule has 8 nitrogen and oxygen atoms in total. The van der Waals surface area contributed by atoms with Gasteiger partial charge >= 0.3 is 0 Å². The topological polar surface area (TPSA) is 79.2 Å². The molecule has 1 aromatic heterocycles. The number of hydrogen-bond acceptors (Lipinski definition) is 6. The molecule has 144 valence electrons. The molecular formula is C20H23N6O2+. The maximum atomic E-state index is 5.46. The van der Waals surface area contributed by atoms with Crippen LogP contribution in [-0.4, -0.2) is 36.8 Å². The second-order valence-corrected chi connectivity index (χ2v) is 7.12. The number of fused-ring (bicyclic) bond motifs is 1. The Hall–Kier alpha value is -3.26. The maximum Gasteiger partial charge on any atom is 0.232 e. The number of rotatable bonds is 6. The molecule has 2 aromatic rings. The SMILES string of the molecule is COc1ccc(N2C=C(Nc3cc(C4CC4)[nH]n3)[NH+]3C=CN=C3C2)cc1OC. The second kappa shape index (κ2) is 6.72. The number of methoxy groups -OCH3 is 2. The number of nitrogens with zero attached hydrogens (tertiary/aromatic N) is 3. The fourth-order valence-electron chi connectivity index (χ4n) is 3.58. The van der Waals surface area contributed by atoms with Crippen molar-refractivity contribution in [3.8, 4) is 11.5 Å². The number of anilines is 2. The van der Waals surface area contributed by atoms with Crippen LogP contribution in [0, 0.1) is 0 Å². The van der Waals surface area contributed by atoms with Crippen LogP contribution in [0.1, 0.15) is 24.5 Å². The minimum absolute atomic E-state index is 0.641. The van der Waals surface area contributed by atoms with Crippen LogP contribution < -0.4 is 24.6 Å². The minimum atomic E-state index is 0.641. The predicted molar refractivity (Wildman–Crippen MR) is 107 cm³/mol. The van der Waals surface area contributed by atoms with Crippen molar-refractivity contribution in [2.45, 2.75) is 18.8 Å². The molecule has 1 fully saturated rings. The van der Waals surface area contributed by atoms with Gasteiger partial charge in [-0.05, 0) is 25.0 Å². The highest BCUT2D eigenvalue weighted by Gasteiger charge is 2.33. The van der Waals surface area contributed by atoms with E-state index in [1.807, 2.05) is 30.6 Å².